The molecule has 2 heterocycles. The zero-order valence-corrected chi connectivity index (χ0v) is 8.92. The Labute approximate surface area is 84.1 Å². The predicted octanol–water partition coefficient (Wildman–Crippen LogP) is -1.56. The first kappa shape index (κ1) is 10.4. The number of hydrogen-bond donors (Lipinski definition) is 1. The maximum Gasteiger partial charge on any atom is 0.154 e. The van der Waals surface area contributed by atoms with Gasteiger partial charge in [-0.3, -0.25) is 4.90 Å². The van der Waals surface area contributed by atoms with Gasteiger partial charge in [0.25, 0.3) is 0 Å². The van der Waals surface area contributed by atoms with Crippen molar-refractivity contribution in [1.82, 2.24) is 4.90 Å². The van der Waals surface area contributed by atoms with Crippen LogP contribution in [0.5, 0.6) is 0 Å². The summed E-state index contributed by atoms with van der Waals surface area (Å²) in [6.07, 6.45) is 0. The van der Waals surface area contributed by atoms with E-state index < -0.39 is 9.84 Å². The zero-order chi connectivity index (χ0) is 10.2. The predicted molar refractivity (Wildman–Crippen MR) is 52.8 cm³/mol. The van der Waals surface area contributed by atoms with E-state index in [0.29, 0.717) is 19.8 Å². The summed E-state index contributed by atoms with van der Waals surface area (Å²) in [6.45, 7) is 3.38. The molecule has 6 heteroatoms. The standard InChI is InChI=1S/C8H16N2O3S/c9-5-8(6-14(11,12)7-8)10-1-3-13-4-2-10/h1-7,9H2. The molecular formula is C8H16N2O3S. The van der Waals surface area contributed by atoms with E-state index >= 15 is 0 Å². The van der Waals surface area contributed by atoms with E-state index in [0.717, 1.165) is 13.1 Å². The Kier molecular flexibility index (Phi) is 2.55. The van der Waals surface area contributed by atoms with Gasteiger partial charge in [-0.1, -0.05) is 0 Å². The van der Waals surface area contributed by atoms with Crippen LogP contribution in [-0.4, -0.2) is 63.2 Å². The van der Waals surface area contributed by atoms with Crippen LogP contribution in [0.1, 0.15) is 0 Å². The molecule has 2 aliphatic heterocycles. The Bertz CT molecular complexity index is 297. The van der Waals surface area contributed by atoms with Gasteiger partial charge >= 0.3 is 0 Å². The fraction of sp³-hybridized carbons (Fsp3) is 1.00. The fourth-order valence-corrected chi connectivity index (χ4v) is 4.40. The van der Waals surface area contributed by atoms with Gasteiger partial charge in [0.15, 0.2) is 9.84 Å². The molecule has 2 N–H and O–H groups in total. The molecule has 2 aliphatic rings. The normalized spacial score (nSPS) is 30.9. The van der Waals surface area contributed by atoms with E-state index in [1.165, 1.54) is 0 Å². The first-order chi connectivity index (χ1) is 6.58. The van der Waals surface area contributed by atoms with Crippen molar-refractivity contribution in [3.8, 4) is 0 Å². The Morgan fingerprint density at radius 3 is 2.29 bits per heavy atom. The van der Waals surface area contributed by atoms with Crippen LogP contribution in [0, 0.1) is 0 Å². The third-order valence-corrected chi connectivity index (χ3v) is 4.99. The number of ether oxygens (including phenoxy) is 1. The Morgan fingerprint density at radius 1 is 1.29 bits per heavy atom. The second-order valence-electron chi connectivity index (χ2n) is 4.06. The minimum Gasteiger partial charge on any atom is -0.379 e. The van der Waals surface area contributed by atoms with Crippen LogP contribution in [0.3, 0.4) is 0 Å². The van der Waals surface area contributed by atoms with Gasteiger partial charge < -0.3 is 10.5 Å². The van der Waals surface area contributed by atoms with Crippen molar-refractivity contribution >= 4 is 9.84 Å². The summed E-state index contributed by atoms with van der Waals surface area (Å²) >= 11 is 0. The van der Waals surface area contributed by atoms with Crippen molar-refractivity contribution in [2.24, 2.45) is 5.73 Å². The molecule has 0 aromatic carbocycles. The molecule has 82 valence electrons. The summed E-state index contributed by atoms with van der Waals surface area (Å²) in [7, 11) is -2.81. The van der Waals surface area contributed by atoms with Crippen LogP contribution >= 0.6 is 0 Å². The first-order valence-corrected chi connectivity index (χ1v) is 6.63. The van der Waals surface area contributed by atoms with Gasteiger partial charge in [0.2, 0.25) is 0 Å². The van der Waals surface area contributed by atoms with Crippen molar-refractivity contribution in [3.05, 3.63) is 0 Å². The lowest BCUT2D eigenvalue weighted by molar-refractivity contribution is -0.00942. The minimum atomic E-state index is -2.81. The maximum atomic E-state index is 11.2. The summed E-state index contributed by atoms with van der Waals surface area (Å²) in [6, 6.07) is 0. The highest BCUT2D eigenvalue weighted by Gasteiger charge is 2.51. The van der Waals surface area contributed by atoms with Crippen LogP contribution in [0.15, 0.2) is 0 Å². The lowest BCUT2D eigenvalue weighted by Crippen LogP contribution is -2.70. The van der Waals surface area contributed by atoms with Gasteiger partial charge in [0.1, 0.15) is 0 Å². The third kappa shape index (κ3) is 1.67. The van der Waals surface area contributed by atoms with Crippen LogP contribution < -0.4 is 5.73 Å². The molecule has 2 rings (SSSR count). The minimum absolute atomic E-state index is 0.219. The van der Waals surface area contributed by atoms with Crippen molar-refractivity contribution in [2.75, 3.05) is 44.4 Å². The number of hydrogen-bond acceptors (Lipinski definition) is 5. The molecule has 0 spiro atoms. The molecular weight excluding hydrogens is 204 g/mol. The monoisotopic (exact) mass is 220 g/mol. The number of nitrogens with two attached hydrogens (primary N) is 1. The fourth-order valence-electron chi connectivity index (χ4n) is 2.24. The molecule has 2 saturated heterocycles. The largest absolute Gasteiger partial charge is 0.379 e. The number of sulfone groups is 1. The van der Waals surface area contributed by atoms with Gasteiger partial charge in [-0.2, -0.15) is 0 Å². The Morgan fingerprint density at radius 2 is 1.86 bits per heavy atom. The molecule has 0 aromatic rings. The molecule has 0 aromatic heterocycles. The van der Waals surface area contributed by atoms with E-state index in [1.807, 2.05) is 0 Å². The highest BCUT2D eigenvalue weighted by Crippen LogP contribution is 2.29. The number of morpholine rings is 1. The molecule has 5 nitrogen and oxygen atoms in total. The average Bonchev–Trinajstić information content (AvgIpc) is 2.15. The van der Waals surface area contributed by atoms with E-state index in [2.05, 4.69) is 4.90 Å². The van der Waals surface area contributed by atoms with Gasteiger partial charge in [0.05, 0.1) is 30.3 Å². The van der Waals surface area contributed by atoms with E-state index in [9.17, 15) is 8.42 Å². The van der Waals surface area contributed by atoms with Crippen LogP contribution in [0.2, 0.25) is 0 Å². The maximum absolute atomic E-state index is 11.2. The summed E-state index contributed by atoms with van der Waals surface area (Å²) < 4.78 is 27.6. The Hall–Kier alpha value is -0.170. The van der Waals surface area contributed by atoms with Gasteiger partial charge in [0, 0.05) is 19.6 Å². The average molecular weight is 220 g/mol. The highest BCUT2D eigenvalue weighted by atomic mass is 32.2. The first-order valence-electron chi connectivity index (χ1n) is 4.81. The topological polar surface area (TPSA) is 72.6 Å². The van der Waals surface area contributed by atoms with Crippen molar-refractivity contribution in [1.29, 1.82) is 0 Å². The summed E-state index contributed by atoms with van der Waals surface area (Å²) in [5.41, 5.74) is 5.38. The third-order valence-electron chi connectivity index (χ3n) is 3.04. The molecule has 0 saturated carbocycles. The SMILES string of the molecule is NCC1(N2CCOCC2)CS(=O)(=O)C1. The lowest BCUT2D eigenvalue weighted by atomic mass is 10.0. The summed E-state index contributed by atoms with van der Waals surface area (Å²) in [4.78, 5) is 2.16. The van der Waals surface area contributed by atoms with Gasteiger partial charge in [-0.15, -0.1) is 0 Å². The molecule has 0 aliphatic carbocycles. The van der Waals surface area contributed by atoms with Crippen LogP contribution in [-0.2, 0) is 14.6 Å². The van der Waals surface area contributed by atoms with Crippen molar-refractivity contribution in [2.45, 2.75) is 5.54 Å². The summed E-state index contributed by atoms with van der Waals surface area (Å²) in [5, 5.41) is 0. The molecule has 0 radical (unpaired) electrons. The van der Waals surface area contributed by atoms with Gasteiger partial charge in [-0.05, 0) is 0 Å². The molecule has 2 fully saturated rings. The van der Waals surface area contributed by atoms with Crippen molar-refractivity contribution in [3.63, 3.8) is 0 Å². The number of rotatable bonds is 2. The molecule has 0 bridgehead atoms. The second-order valence-corrected chi connectivity index (χ2v) is 6.12. The summed E-state index contributed by atoms with van der Waals surface area (Å²) in [5.74, 6) is 0.438. The van der Waals surface area contributed by atoms with Crippen LogP contribution in [0.25, 0.3) is 0 Å². The lowest BCUT2D eigenvalue weighted by Gasteiger charge is -2.50. The van der Waals surface area contributed by atoms with E-state index in [1.54, 1.807) is 0 Å². The second kappa shape index (κ2) is 3.44. The zero-order valence-electron chi connectivity index (χ0n) is 8.11. The quantitative estimate of drug-likeness (QED) is 0.609. The smallest absolute Gasteiger partial charge is 0.154 e. The molecule has 14 heavy (non-hydrogen) atoms. The molecule has 0 amide bonds. The van der Waals surface area contributed by atoms with Crippen molar-refractivity contribution < 1.29 is 13.2 Å². The highest BCUT2D eigenvalue weighted by molar-refractivity contribution is 7.93. The Balaban J connectivity index is 2.06. The van der Waals surface area contributed by atoms with Gasteiger partial charge in [-0.25, -0.2) is 8.42 Å². The van der Waals surface area contributed by atoms with Crippen LogP contribution in [0.4, 0.5) is 0 Å². The van der Waals surface area contributed by atoms with E-state index in [-0.39, 0.29) is 17.0 Å². The van der Waals surface area contributed by atoms with E-state index in [4.69, 9.17) is 10.5 Å². The molecule has 0 unspecified atom stereocenters. The number of nitrogens with zero attached hydrogens (tertiary/aromatic N) is 1. The molecule has 0 atom stereocenters.